The first-order valence-corrected chi connectivity index (χ1v) is 28.9. The van der Waals surface area contributed by atoms with Crippen LogP contribution in [0.1, 0.15) is 44.5 Å². The molecule has 11 aromatic carbocycles. The van der Waals surface area contributed by atoms with Crippen LogP contribution in [0.5, 0.6) is 0 Å². The Bertz CT molecular complexity index is 5720. The van der Waals surface area contributed by atoms with Crippen LogP contribution in [0.25, 0.3) is 144 Å². The van der Waals surface area contributed by atoms with Crippen molar-refractivity contribution in [3.05, 3.63) is 257 Å². The fourth-order valence-corrected chi connectivity index (χ4v) is 13.1. The van der Waals surface area contributed by atoms with Crippen LogP contribution in [0.4, 0.5) is 0 Å². The van der Waals surface area contributed by atoms with Crippen molar-refractivity contribution < 1.29 is 0 Å². The standard InChI is InChI=1S/C77H35N15/c78-36-44-6-16-55-56-17-7-45(37-79)27-66(56)89(65(55)26-44)53-14-24-63(73(34-53)91-69-30-48(40-82)10-20-59(69)60-21-11-49(41-83)31-70(60)91)76-86-75(52-4-2-1-3-5-52)87-77(88-76)64-25-15-54(90-67-28-46(38-80)8-18-57(67)58-19-9-47(39-81)29-68(58)90)35-74(64)92-71-32-50(42-84)12-22-61(71)62-23-13-51(43-85)33-72(62)92/h1-35H. The van der Waals surface area contributed by atoms with Crippen molar-refractivity contribution in [2.24, 2.45) is 0 Å². The average molecular weight is 1170 g/mol. The predicted molar refractivity (Wildman–Crippen MR) is 351 cm³/mol. The van der Waals surface area contributed by atoms with Gasteiger partial charge in [-0.2, -0.15) is 42.1 Å². The van der Waals surface area contributed by atoms with E-state index in [-0.39, 0.29) is 11.6 Å². The molecule has 15 nitrogen and oxygen atoms in total. The van der Waals surface area contributed by atoms with E-state index in [1.54, 1.807) is 48.5 Å². The van der Waals surface area contributed by atoms with Crippen molar-refractivity contribution in [3.63, 3.8) is 0 Å². The number of benzene rings is 11. The van der Waals surface area contributed by atoms with Crippen LogP contribution in [0.15, 0.2) is 212 Å². The van der Waals surface area contributed by atoms with Crippen molar-refractivity contribution >= 4 is 87.2 Å². The minimum absolute atomic E-state index is 0.227. The summed E-state index contributed by atoms with van der Waals surface area (Å²) < 4.78 is 8.09. The van der Waals surface area contributed by atoms with Crippen LogP contribution >= 0.6 is 0 Å². The first kappa shape index (κ1) is 53.1. The number of nitriles is 8. The van der Waals surface area contributed by atoms with E-state index < -0.39 is 0 Å². The van der Waals surface area contributed by atoms with Crippen LogP contribution in [0.2, 0.25) is 0 Å². The molecular formula is C77H35N15. The summed E-state index contributed by atoms with van der Waals surface area (Å²) in [5, 5.41) is 89.9. The van der Waals surface area contributed by atoms with Crippen molar-refractivity contribution in [3.8, 4) is 105 Å². The normalized spacial score (nSPS) is 11.2. The summed E-state index contributed by atoms with van der Waals surface area (Å²) in [6, 6.07) is 83.8. The van der Waals surface area contributed by atoms with Gasteiger partial charge in [-0.3, -0.25) is 0 Å². The van der Waals surface area contributed by atoms with Gasteiger partial charge in [-0.1, -0.05) is 78.9 Å². The Labute approximate surface area is 522 Å². The van der Waals surface area contributed by atoms with Gasteiger partial charge < -0.3 is 18.3 Å². The SMILES string of the molecule is N#Cc1ccc2c3ccc(C#N)cc3n(-c3ccc(-c4nc(-c5ccccc5)nc(-c5ccc(-n6c7cc(C#N)ccc7c7ccc(C#N)cc76)cc5-n5c6cc(C#N)ccc6c6ccc(C#N)cc65)n4)c(-n4c5cc(C#N)ccc5c5ccc(C#N)cc54)c3)c2c1. The molecule has 92 heavy (non-hydrogen) atoms. The van der Waals surface area contributed by atoms with Crippen molar-refractivity contribution in [1.82, 2.24) is 33.2 Å². The molecule has 0 fully saturated rings. The highest BCUT2D eigenvalue weighted by atomic mass is 15.1. The quantitative estimate of drug-likeness (QED) is 0.145. The molecule has 0 amide bonds. The van der Waals surface area contributed by atoms with Gasteiger partial charge in [-0.15, -0.1) is 0 Å². The fraction of sp³-hybridized carbons (Fsp3) is 0. The molecule has 16 rings (SSSR count). The molecule has 418 valence electrons. The number of rotatable bonds is 7. The number of hydrogen-bond acceptors (Lipinski definition) is 11. The zero-order valence-corrected chi connectivity index (χ0v) is 47.9. The van der Waals surface area contributed by atoms with Crippen molar-refractivity contribution in [1.29, 1.82) is 42.1 Å². The van der Waals surface area contributed by atoms with Crippen LogP contribution in [0, 0.1) is 90.6 Å². The number of fused-ring (bicyclic) bond motifs is 12. The third-order valence-electron chi connectivity index (χ3n) is 17.2. The third-order valence-corrected chi connectivity index (χ3v) is 17.2. The zero-order chi connectivity index (χ0) is 62.5. The van der Waals surface area contributed by atoms with Crippen molar-refractivity contribution in [2.45, 2.75) is 0 Å². The fourth-order valence-electron chi connectivity index (χ4n) is 13.1. The van der Waals surface area contributed by atoms with Gasteiger partial charge in [0.1, 0.15) is 0 Å². The molecule has 5 aromatic heterocycles. The van der Waals surface area contributed by atoms with Gasteiger partial charge in [-0.25, -0.2) is 15.0 Å². The molecule has 5 heterocycles. The van der Waals surface area contributed by atoms with Crippen LogP contribution in [0.3, 0.4) is 0 Å². The van der Waals surface area contributed by atoms with Crippen molar-refractivity contribution in [2.75, 3.05) is 0 Å². The van der Waals surface area contributed by atoms with Gasteiger partial charge in [0.15, 0.2) is 17.5 Å². The van der Waals surface area contributed by atoms with E-state index in [9.17, 15) is 42.1 Å². The maximum absolute atomic E-state index is 10.5. The second-order valence-electron chi connectivity index (χ2n) is 22.2. The van der Waals surface area contributed by atoms with E-state index in [4.69, 9.17) is 15.0 Å². The summed E-state index contributed by atoms with van der Waals surface area (Å²) >= 11 is 0. The zero-order valence-electron chi connectivity index (χ0n) is 47.9. The maximum Gasteiger partial charge on any atom is 0.166 e. The molecule has 15 heteroatoms. The molecule has 0 aliphatic rings. The summed E-state index contributed by atoms with van der Waals surface area (Å²) in [4.78, 5) is 16.3. The Hall–Kier alpha value is -14.5. The minimum atomic E-state index is 0.227. The van der Waals surface area contributed by atoms with Gasteiger partial charge in [0.2, 0.25) is 0 Å². The van der Waals surface area contributed by atoms with E-state index in [2.05, 4.69) is 48.6 Å². The maximum atomic E-state index is 10.5. The molecule has 16 aromatic rings. The third kappa shape index (κ3) is 8.11. The summed E-state index contributed by atoms with van der Waals surface area (Å²) in [7, 11) is 0. The summed E-state index contributed by atoms with van der Waals surface area (Å²) in [6.07, 6.45) is 0. The minimum Gasteiger partial charge on any atom is -0.309 e. The van der Waals surface area contributed by atoms with Crippen LogP contribution in [-0.2, 0) is 0 Å². The van der Waals surface area contributed by atoms with Gasteiger partial charge in [-0.05, 0) is 133 Å². The number of hydrogen-bond donors (Lipinski definition) is 0. The Morgan fingerprint density at radius 2 is 0.467 bits per heavy atom. The number of aromatic nitrogens is 7. The second-order valence-corrected chi connectivity index (χ2v) is 22.2. The topological polar surface area (TPSA) is 249 Å². The molecule has 0 radical (unpaired) electrons. The molecule has 0 aliphatic carbocycles. The molecule has 0 bridgehead atoms. The van der Waals surface area contributed by atoms with E-state index in [0.29, 0.717) is 134 Å². The van der Waals surface area contributed by atoms with Gasteiger partial charge in [0, 0.05) is 71.2 Å². The van der Waals surface area contributed by atoms with Gasteiger partial charge >= 0.3 is 0 Å². The highest BCUT2D eigenvalue weighted by Gasteiger charge is 2.26. The largest absolute Gasteiger partial charge is 0.309 e. The molecule has 0 saturated carbocycles. The monoisotopic (exact) mass is 1170 g/mol. The highest BCUT2D eigenvalue weighted by molar-refractivity contribution is 6.14. The van der Waals surface area contributed by atoms with E-state index in [1.165, 1.54) is 0 Å². The lowest BCUT2D eigenvalue weighted by atomic mass is 10.1. The predicted octanol–water partition coefficient (Wildman–Crippen LogP) is 16.2. The Balaban J connectivity index is 1.04. The summed E-state index contributed by atoms with van der Waals surface area (Å²) in [5.74, 6) is 0.763. The summed E-state index contributed by atoms with van der Waals surface area (Å²) in [5.41, 5.74) is 12.8. The Kier molecular flexibility index (Phi) is 11.9. The molecule has 0 aliphatic heterocycles. The van der Waals surface area contributed by atoms with Crippen LogP contribution in [-0.4, -0.2) is 33.2 Å². The van der Waals surface area contributed by atoms with E-state index in [1.807, 2.05) is 182 Å². The molecule has 0 saturated heterocycles. The lowest BCUT2D eigenvalue weighted by Gasteiger charge is -2.19. The van der Waals surface area contributed by atoms with Gasteiger partial charge in [0.25, 0.3) is 0 Å². The Morgan fingerprint density at radius 1 is 0.228 bits per heavy atom. The molecule has 0 unspecified atom stereocenters. The van der Waals surface area contributed by atoms with E-state index in [0.717, 1.165) is 43.1 Å². The first-order chi connectivity index (χ1) is 45.2. The average Bonchev–Trinajstić information content (AvgIpc) is 1.67. The lowest BCUT2D eigenvalue weighted by Crippen LogP contribution is -2.07. The molecule has 0 spiro atoms. The smallest absolute Gasteiger partial charge is 0.166 e. The van der Waals surface area contributed by atoms with Gasteiger partial charge in [0.05, 0.1) is 149 Å². The summed E-state index contributed by atoms with van der Waals surface area (Å²) in [6.45, 7) is 0. The van der Waals surface area contributed by atoms with E-state index >= 15 is 0 Å². The Morgan fingerprint density at radius 3 is 0.717 bits per heavy atom. The molecule has 0 atom stereocenters. The molecular weight excluding hydrogens is 1130 g/mol. The highest BCUT2D eigenvalue weighted by Crippen LogP contribution is 2.44. The number of nitrogens with zero attached hydrogens (tertiary/aromatic N) is 15. The second kappa shape index (κ2) is 20.6. The first-order valence-electron chi connectivity index (χ1n) is 28.9. The lowest BCUT2D eigenvalue weighted by molar-refractivity contribution is 1.05. The molecule has 0 N–H and O–H groups in total. The van der Waals surface area contributed by atoms with Crippen LogP contribution < -0.4 is 0 Å².